The van der Waals surface area contributed by atoms with Crippen LogP contribution in [0.4, 0.5) is 10.5 Å². The standard InChI is InChI=1S/C18H11Br2ClN2O3S/c19-11-3-1-10(2-4-11)7-15-17(25)23(18(26)27-15)9-16(24)22-12-5-6-13(20)14(21)8-12/h1-8H,9H2,(H,22,24)/b15-7+. The van der Waals surface area contributed by atoms with Crippen molar-refractivity contribution in [1.82, 2.24) is 4.90 Å². The number of hydrogen-bond acceptors (Lipinski definition) is 4. The first-order chi connectivity index (χ1) is 12.8. The summed E-state index contributed by atoms with van der Waals surface area (Å²) in [6.07, 6.45) is 1.63. The zero-order valence-corrected chi connectivity index (χ0v) is 18.3. The largest absolute Gasteiger partial charge is 0.324 e. The fraction of sp³-hybridized carbons (Fsp3) is 0.0556. The molecule has 9 heteroatoms. The van der Waals surface area contributed by atoms with Gasteiger partial charge < -0.3 is 5.32 Å². The van der Waals surface area contributed by atoms with Gasteiger partial charge in [-0.2, -0.15) is 0 Å². The van der Waals surface area contributed by atoms with Gasteiger partial charge in [-0.15, -0.1) is 0 Å². The van der Waals surface area contributed by atoms with Gasteiger partial charge in [-0.1, -0.05) is 39.7 Å². The van der Waals surface area contributed by atoms with E-state index in [1.807, 2.05) is 24.3 Å². The Balaban J connectivity index is 1.68. The Morgan fingerprint density at radius 2 is 1.85 bits per heavy atom. The van der Waals surface area contributed by atoms with E-state index in [9.17, 15) is 14.4 Å². The summed E-state index contributed by atoms with van der Waals surface area (Å²) in [5.74, 6) is -0.975. The Morgan fingerprint density at radius 1 is 1.15 bits per heavy atom. The van der Waals surface area contributed by atoms with Crippen LogP contribution in [0.1, 0.15) is 5.56 Å². The normalized spacial score (nSPS) is 15.5. The number of carbonyl (C=O) groups is 3. The number of thioether (sulfide) groups is 1. The number of carbonyl (C=O) groups excluding carboxylic acids is 3. The summed E-state index contributed by atoms with van der Waals surface area (Å²) in [6, 6.07) is 12.3. The lowest BCUT2D eigenvalue weighted by Crippen LogP contribution is -2.36. The van der Waals surface area contributed by atoms with Crippen LogP contribution in [0.5, 0.6) is 0 Å². The second kappa shape index (κ2) is 8.60. The molecular formula is C18H11Br2ClN2O3S. The van der Waals surface area contributed by atoms with Crippen LogP contribution < -0.4 is 5.32 Å². The summed E-state index contributed by atoms with van der Waals surface area (Å²) in [5, 5.41) is 2.59. The Labute approximate surface area is 181 Å². The van der Waals surface area contributed by atoms with Crippen molar-refractivity contribution < 1.29 is 14.4 Å². The molecule has 0 atom stereocenters. The second-order valence-electron chi connectivity index (χ2n) is 5.50. The first-order valence-corrected chi connectivity index (χ1v) is 10.4. The fourth-order valence-corrected chi connectivity index (χ4v) is 3.79. The Bertz CT molecular complexity index is 964. The van der Waals surface area contributed by atoms with Crippen LogP contribution in [0.15, 0.2) is 56.3 Å². The molecule has 1 heterocycles. The Morgan fingerprint density at radius 3 is 2.52 bits per heavy atom. The second-order valence-corrected chi connectivity index (χ2v) is 8.67. The third-order valence-electron chi connectivity index (χ3n) is 3.55. The lowest BCUT2D eigenvalue weighted by atomic mass is 10.2. The molecule has 3 amide bonds. The lowest BCUT2D eigenvalue weighted by Gasteiger charge is -2.12. The van der Waals surface area contributed by atoms with Crippen molar-refractivity contribution in [3.05, 3.63) is 66.9 Å². The van der Waals surface area contributed by atoms with Gasteiger partial charge in [-0.25, -0.2) is 0 Å². The van der Waals surface area contributed by atoms with Gasteiger partial charge in [-0.05, 0) is 69.7 Å². The summed E-state index contributed by atoms with van der Waals surface area (Å²) in [7, 11) is 0. The molecule has 0 spiro atoms. The molecular weight excluding hydrogens is 520 g/mol. The summed E-state index contributed by atoms with van der Waals surface area (Å²) in [6.45, 7) is -0.365. The molecule has 138 valence electrons. The van der Waals surface area contributed by atoms with Gasteiger partial charge in [0.25, 0.3) is 11.1 Å². The lowest BCUT2D eigenvalue weighted by molar-refractivity contribution is -0.127. The van der Waals surface area contributed by atoms with Crippen LogP contribution in [0, 0.1) is 0 Å². The number of halogens is 3. The van der Waals surface area contributed by atoms with Crippen LogP contribution in [-0.4, -0.2) is 28.5 Å². The molecule has 0 bridgehead atoms. The van der Waals surface area contributed by atoms with E-state index in [1.54, 1.807) is 24.3 Å². The van der Waals surface area contributed by atoms with E-state index in [2.05, 4.69) is 37.2 Å². The minimum absolute atomic E-state index is 0.279. The number of rotatable bonds is 4. The van der Waals surface area contributed by atoms with Crippen molar-refractivity contribution in [2.75, 3.05) is 11.9 Å². The van der Waals surface area contributed by atoms with Gasteiger partial charge in [-0.3, -0.25) is 19.3 Å². The van der Waals surface area contributed by atoms with Gasteiger partial charge in [0, 0.05) is 14.6 Å². The van der Waals surface area contributed by atoms with Gasteiger partial charge in [0.1, 0.15) is 6.54 Å². The maximum Gasteiger partial charge on any atom is 0.294 e. The van der Waals surface area contributed by atoms with Crippen LogP contribution in [0.2, 0.25) is 5.02 Å². The van der Waals surface area contributed by atoms with E-state index in [0.717, 1.165) is 26.7 Å². The minimum atomic E-state index is -0.489. The van der Waals surface area contributed by atoms with Crippen LogP contribution in [0.25, 0.3) is 6.08 Å². The SMILES string of the molecule is O=C(CN1C(=O)S/C(=C/c2ccc(Br)cc2)C1=O)Nc1ccc(Br)c(Cl)c1. The predicted molar refractivity (Wildman–Crippen MR) is 115 cm³/mol. The average molecular weight is 531 g/mol. The smallest absolute Gasteiger partial charge is 0.294 e. The third-order valence-corrected chi connectivity index (χ3v) is 6.21. The molecule has 1 fully saturated rings. The molecule has 5 nitrogen and oxygen atoms in total. The molecule has 0 radical (unpaired) electrons. The van der Waals surface area contributed by atoms with E-state index in [-0.39, 0.29) is 11.4 Å². The van der Waals surface area contributed by atoms with Crippen molar-refractivity contribution in [2.45, 2.75) is 0 Å². The van der Waals surface area contributed by atoms with Crippen molar-refractivity contribution in [1.29, 1.82) is 0 Å². The fourth-order valence-electron chi connectivity index (χ4n) is 2.26. The number of nitrogens with zero attached hydrogens (tertiary/aromatic N) is 1. The molecule has 1 saturated heterocycles. The monoisotopic (exact) mass is 528 g/mol. The Hall–Kier alpha value is -1.61. The first-order valence-electron chi connectivity index (χ1n) is 7.59. The molecule has 0 saturated carbocycles. The molecule has 1 aliphatic rings. The van der Waals surface area contributed by atoms with E-state index in [4.69, 9.17) is 11.6 Å². The number of amides is 3. The van der Waals surface area contributed by atoms with Crippen molar-refractivity contribution >= 4 is 84.0 Å². The number of anilines is 1. The van der Waals surface area contributed by atoms with Gasteiger partial charge in [0.2, 0.25) is 5.91 Å². The van der Waals surface area contributed by atoms with Gasteiger partial charge in [0.05, 0.1) is 9.93 Å². The van der Waals surface area contributed by atoms with Crippen LogP contribution in [0.3, 0.4) is 0 Å². The molecule has 0 unspecified atom stereocenters. The highest BCUT2D eigenvalue weighted by atomic mass is 79.9. The van der Waals surface area contributed by atoms with Gasteiger partial charge >= 0.3 is 0 Å². The number of imide groups is 1. The molecule has 3 rings (SSSR count). The first kappa shape index (κ1) is 20.1. The summed E-state index contributed by atoms with van der Waals surface area (Å²) in [5.41, 5.74) is 1.27. The molecule has 27 heavy (non-hydrogen) atoms. The highest BCUT2D eigenvalue weighted by Crippen LogP contribution is 2.32. The van der Waals surface area contributed by atoms with Crippen molar-refractivity contribution in [3.63, 3.8) is 0 Å². The molecule has 0 aliphatic carbocycles. The zero-order chi connectivity index (χ0) is 19.6. The summed E-state index contributed by atoms with van der Waals surface area (Å²) >= 11 is 13.4. The van der Waals surface area contributed by atoms with E-state index in [0.29, 0.717) is 15.2 Å². The van der Waals surface area contributed by atoms with Crippen LogP contribution >= 0.6 is 55.2 Å². The van der Waals surface area contributed by atoms with Crippen molar-refractivity contribution in [3.8, 4) is 0 Å². The molecule has 1 aliphatic heterocycles. The topological polar surface area (TPSA) is 66.5 Å². The molecule has 2 aromatic carbocycles. The quantitative estimate of drug-likeness (QED) is 0.527. The number of benzene rings is 2. The molecule has 1 N–H and O–H groups in total. The average Bonchev–Trinajstić information content (AvgIpc) is 2.87. The number of nitrogens with one attached hydrogen (secondary N) is 1. The maximum atomic E-state index is 12.5. The summed E-state index contributed by atoms with van der Waals surface area (Å²) in [4.78, 5) is 38.0. The zero-order valence-electron chi connectivity index (χ0n) is 13.5. The molecule has 0 aromatic heterocycles. The van der Waals surface area contributed by atoms with E-state index in [1.165, 1.54) is 0 Å². The van der Waals surface area contributed by atoms with E-state index >= 15 is 0 Å². The minimum Gasteiger partial charge on any atom is -0.324 e. The predicted octanol–water partition coefficient (Wildman–Crippen LogP) is 5.54. The highest BCUT2D eigenvalue weighted by Gasteiger charge is 2.36. The van der Waals surface area contributed by atoms with Crippen LogP contribution in [-0.2, 0) is 9.59 Å². The Kier molecular flexibility index (Phi) is 6.41. The molecule has 2 aromatic rings. The van der Waals surface area contributed by atoms with Gasteiger partial charge in [0.15, 0.2) is 0 Å². The third kappa shape index (κ3) is 5.01. The maximum absolute atomic E-state index is 12.5. The van der Waals surface area contributed by atoms with Crippen molar-refractivity contribution in [2.24, 2.45) is 0 Å². The number of hydrogen-bond donors (Lipinski definition) is 1. The summed E-state index contributed by atoms with van der Waals surface area (Å²) < 4.78 is 1.61. The highest BCUT2D eigenvalue weighted by molar-refractivity contribution is 9.10. The van der Waals surface area contributed by atoms with E-state index < -0.39 is 17.1 Å².